The summed E-state index contributed by atoms with van der Waals surface area (Å²) in [6.07, 6.45) is 3.71. The van der Waals surface area contributed by atoms with Gasteiger partial charge in [0.2, 0.25) is 6.54 Å². The quantitative estimate of drug-likeness (QED) is 0.635. The second-order valence-electron chi connectivity index (χ2n) is 5.58. The number of carbonyl (C=O) groups excluding carboxylic acids is 1. The molecular weight excluding hydrogens is 374 g/mol. The minimum Gasteiger partial charge on any atom is -1.00 e. The molecule has 0 aliphatic carbocycles. The topological polar surface area (TPSA) is 42.2 Å². The molecular formula is C20H17ClF2N2O2. The van der Waals surface area contributed by atoms with Gasteiger partial charge in [-0.05, 0) is 35.9 Å². The van der Waals surface area contributed by atoms with Gasteiger partial charge < -0.3 is 22.5 Å². The highest BCUT2D eigenvalue weighted by atomic mass is 35.5. The molecule has 140 valence electrons. The van der Waals surface area contributed by atoms with Crippen LogP contribution in [0.2, 0.25) is 0 Å². The zero-order valence-electron chi connectivity index (χ0n) is 14.2. The molecule has 0 unspecified atom stereocenters. The molecule has 7 heteroatoms. The minimum atomic E-state index is -2.87. The van der Waals surface area contributed by atoms with Gasteiger partial charge in [-0.15, -0.1) is 0 Å². The van der Waals surface area contributed by atoms with Crippen LogP contribution in [-0.4, -0.2) is 12.5 Å². The fourth-order valence-electron chi connectivity index (χ4n) is 2.51. The zero-order valence-corrected chi connectivity index (χ0v) is 14.9. The van der Waals surface area contributed by atoms with Crippen molar-refractivity contribution in [2.45, 2.75) is 13.2 Å². The predicted octanol–water partition coefficient (Wildman–Crippen LogP) is 0.885. The lowest BCUT2D eigenvalue weighted by Gasteiger charge is -2.07. The number of halogens is 3. The highest BCUT2D eigenvalue weighted by molar-refractivity contribution is 5.89. The summed E-state index contributed by atoms with van der Waals surface area (Å²) in [6.45, 7) is -2.74. The lowest BCUT2D eigenvalue weighted by Crippen LogP contribution is -3.00. The summed E-state index contributed by atoms with van der Waals surface area (Å²) in [6, 6.07) is 19.5. The van der Waals surface area contributed by atoms with Crippen LogP contribution in [0.5, 0.6) is 5.75 Å². The maximum atomic E-state index is 12.2. The summed E-state index contributed by atoms with van der Waals surface area (Å²) in [5, 5.41) is 2.73. The van der Waals surface area contributed by atoms with Gasteiger partial charge in [0, 0.05) is 17.3 Å². The van der Waals surface area contributed by atoms with Gasteiger partial charge in [-0.25, -0.2) is 0 Å². The van der Waals surface area contributed by atoms with Crippen LogP contribution in [0.1, 0.15) is 0 Å². The molecule has 3 rings (SSSR count). The number of nitrogens with zero attached hydrogens (tertiary/aromatic N) is 1. The predicted molar refractivity (Wildman–Crippen MR) is 93.8 cm³/mol. The third-order valence-corrected chi connectivity index (χ3v) is 3.65. The van der Waals surface area contributed by atoms with E-state index >= 15 is 0 Å². The standard InChI is InChI=1S/C20H16F2N2O2.ClH/c21-20(22)26-18-10-8-17(9-11-18)23-19(25)14-24-12-4-7-16(13-24)15-5-2-1-3-6-15;/h1-13,20H,14H2;1H. The summed E-state index contributed by atoms with van der Waals surface area (Å²) in [4.78, 5) is 12.2. The van der Waals surface area contributed by atoms with Crippen LogP contribution in [-0.2, 0) is 11.3 Å². The molecule has 4 nitrogen and oxygen atoms in total. The number of hydrogen-bond acceptors (Lipinski definition) is 2. The largest absolute Gasteiger partial charge is 1.00 e. The third kappa shape index (κ3) is 6.04. The van der Waals surface area contributed by atoms with Crippen molar-refractivity contribution >= 4 is 11.6 Å². The molecule has 0 saturated carbocycles. The lowest BCUT2D eigenvalue weighted by atomic mass is 10.1. The maximum absolute atomic E-state index is 12.2. The Balaban J connectivity index is 0.00000261. The van der Waals surface area contributed by atoms with Crippen molar-refractivity contribution in [2.75, 3.05) is 5.32 Å². The molecule has 0 saturated heterocycles. The van der Waals surface area contributed by atoms with Crippen LogP contribution >= 0.6 is 0 Å². The highest BCUT2D eigenvalue weighted by Gasteiger charge is 2.11. The Kier molecular flexibility index (Phi) is 7.25. The van der Waals surface area contributed by atoms with Gasteiger partial charge in [0.25, 0.3) is 5.91 Å². The number of aromatic nitrogens is 1. The molecule has 1 aromatic heterocycles. The lowest BCUT2D eigenvalue weighted by molar-refractivity contribution is -0.683. The Hall–Kier alpha value is -2.99. The van der Waals surface area contributed by atoms with Gasteiger partial charge in [-0.2, -0.15) is 13.3 Å². The first-order valence-electron chi connectivity index (χ1n) is 7.99. The molecule has 0 radical (unpaired) electrons. The van der Waals surface area contributed by atoms with E-state index in [9.17, 15) is 13.6 Å². The minimum absolute atomic E-state index is 0. The van der Waals surface area contributed by atoms with E-state index in [-0.39, 0.29) is 30.6 Å². The first-order chi connectivity index (χ1) is 12.6. The summed E-state index contributed by atoms with van der Waals surface area (Å²) in [5.41, 5.74) is 2.59. The second-order valence-corrected chi connectivity index (χ2v) is 5.58. The third-order valence-electron chi connectivity index (χ3n) is 3.65. The molecule has 1 heterocycles. The number of rotatable bonds is 6. The molecule has 2 aromatic carbocycles. The average Bonchev–Trinajstić information content (AvgIpc) is 2.64. The van der Waals surface area contributed by atoms with Crippen molar-refractivity contribution in [1.82, 2.24) is 0 Å². The number of ether oxygens (including phenoxy) is 1. The van der Waals surface area contributed by atoms with E-state index in [2.05, 4.69) is 10.1 Å². The van der Waals surface area contributed by atoms with E-state index in [4.69, 9.17) is 0 Å². The van der Waals surface area contributed by atoms with Gasteiger partial charge in [0.15, 0.2) is 12.4 Å². The smallest absolute Gasteiger partial charge is 0.387 e. The van der Waals surface area contributed by atoms with Crippen LogP contribution in [0.3, 0.4) is 0 Å². The molecule has 0 bridgehead atoms. The molecule has 3 aromatic rings. The Bertz CT molecular complexity index is 875. The first kappa shape index (κ1) is 20.3. The molecule has 0 aliphatic rings. The summed E-state index contributed by atoms with van der Waals surface area (Å²) < 4.78 is 30.3. The number of pyridine rings is 1. The highest BCUT2D eigenvalue weighted by Crippen LogP contribution is 2.18. The summed E-state index contributed by atoms with van der Waals surface area (Å²) in [7, 11) is 0. The number of anilines is 1. The number of benzene rings is 2. The number of alkyl halides is 2. The van der Waals surface area contributed by atoms with Crippen LogP contribution < -0.4 is 27.0 Å². The van der Waals surface area contributed by atoms with Crippen molar-refractivity contribution in [3.63, 3.8) is 0 Å². The summed E-state index contributed by atoms with van der Waals surface area (Å²) in [5.74, 6) is -0.175. The van der Waals surface area contributed by atoms with Crippen LogP contribution in [0.4, 0.5) is 14.5 Å². The van der Waals surface area contributed by atoms with Gasteiger partial charge >= 0.3 is 6.61 Å². The SMILES string of the molecule is O=C(C[n+]1cccc(-c2ccccc2)c1)Nc1ccc(OC(F)F)cc1.[Cl-]. The van der Waals surface area contributed by atoms with Gasteiger partial charge in [0.1, 0.15) is 5.75 Å². The Morgan fingerprint density at radius 3 is 2.30 bits per heavy atom. The van der Waals surface area contributed by atoms with Crippen molar-refractivity contribution < 1.29 is 35.3 Å². The van der Waals surface area contributed by atoms with Crippen LogP contribution in [0.25, 0.3) is 11.1 Å². The second kappa shape index (κ2) is 9.64. The van der Waals surface area contributed by atoms with Gasteiger partial charge in [-0.3, -0.25) is 4.79 Å². The van der Waals surface area contributed by atoms with E-state index in [1.54, 1.807) is 4.57 Å². The van der Waals surface area contributed by atoms with E-state index in [0.29, 0.717) is 5.69 Å². The maximum Gasteiger partial charge on any atom is 0.387 e. The fraction of sp³-hybridized carbons (Fsp3) is 0.100. The normalized spacial score (nSPS) is 10.2. The molecule has 0 atom stereocenters. The molecule has 0 aliphatic heterocycles. The molecule has 0 spiro atoms. The van der Waals surface area contributed by atoms with E-state index in [0.717, 1.165) is 11.1 Å². The van der Waals surface area contributed by atoms with Crippen molar-refractivity contribution in [1.29, 1.82) is 0 Å². The molecule has 1 N–H and O–H groups in total. The monoisotopic (exact) mass is 390 g/mol. The fourth-order valence-corrected chi connectivity index (χ4v) is 2.51. The van der Waals surface area contributed by atoms with E-state index < -0.39 is 6.61 Å². The molecule has 1 amide bonds. The Morgan fingerprint density at radius 2 is 1.63 bits per heavy atom. The summed E-state index contributed by atoms with van der Waals surface area (Å²) >= 11 is 0. The van der Waals surface area contributed by atoms with Crippen molar-refractivity contribution in [2.24, 2.45) is 0 Å². The van der Waals surface area contributed by atoms with Crippen LogP contribution in [0, 0.1) is 0 Å². The Morgan fingerprint density at radius 1 is 0.963 bits per heavy atom. The van der Waals surface area contributed by atoms with Crippen molar-refractivity contribution in [3.8, 4) is 16.9 Å². The van der Waals surface area contributed by atoms with Gasteiger partial charge in [-0.1, -0.05) is 30.3 Å². The van der Waals surface area contributed by atoms with Crippen molar-refractivity contribution in [3.05, 3.63) is 79.1 Å². The number of carbonyl (C=O) groups is 1. The van der Waals surface area contributed by atoms with E-state index in [1.807, 2.05) is 54.9 Å². The van der Waals surface area contributed by atoms with Gasteiger partial charge in [0.05, 0.1) is 0 Å². The zero-order chi connectivity index (χ0) is 18.4. The number of amides is 1. The van der Waals surface area contributed by atoms with Crippen LogP contribution in [0.15, 0.2) is 79.1 Å². The number of hydrogen-bond donors (Lipinski definition) is 1. The molecule has 0 fully saturated rings. The average molecular weight is 391 g/mol. The number of nitrogens with one attached hydrogen (secondary N) is 1. The first-order valence-corrected chi connectivity index (χ1v) is 7.99. The Labute approximate surface area is 161 Å². The van der Waals surface area contributed by atoms with E-state index in [1.165, 1.54) is 24.3 Å². The molecule has 27 heavy (non-hydrogen) atoms.